The molecule has 112 valence electrons. The lowest BCUT2D eigenvalue weighted by atomic mass is 9.99. The minimum Gasteiger partial charge on any atom is -0.312 e. The van der Waals surface area contributed by atoms with Gasteiger partial charge in [-0.3, -0.25) is 4.90 Å². The Morgan fingerprint density at radius 3 is 2.90 bits per heavy atom. The van der Waals surface area contributed by atoms with Crippen molar-refractivity contribution in [3.05, 3.63) is 35.4 Å². The van der Waals surface area contributed by atoms with Gasteiger partial charge >= 0.3 is 0 Å². The van der Waals surface area contributed by atoms with Crippen LogP contribution in [0.5, 0.6) is 0 Å². The van der Waals surface area contributed by atoms with Gasteiger partial charge in [-0.25, -0.2) is 8.78 Å². The third kappa shape index (κ3) is 4.00. The normalized spacial score (nSPS) is 22.5. The standard InChI is InChI=1S/C16H24F2N2/c1-3-12(2)16-11-20(8-4-7-19-16)10-13-5-6-14(17)9-15(13)18/h5-6,9,12,16,19H,3-4,7-8,10-11H2,1-2H3. The number of nitrogens with one attached hydrogen (secondary N) is 1. The Morgan fingerprint density at radius 1 is 1.40 bits per heavy atom. The van der Waals surface area contributed by atoms with E-state index in [0.717, 1.165) is 38.5 Å². The maximum Gasteiger partial charge on any atom is 0.130 e. The van der Waals surface area contributed by atoms with Gasteiger partial charge in [-0.1, -0.05) is 26.3 Å². The molecule has 0 aliphatic carbocycles. The van der Waals surface area contributed by atoms with Gasteiger partial charge in [0.25, 0.3) is 0 Å². The number of halogens is 2. The van der Waals surface area contributed by atoms with Crippen molar-refractivity contribution in [2.75, 3.05) is 19.6 Å². The predicted molar refractivity (Wildman–Crippen MR) is 77.5 cm³/mol. The zero-order chi connectivity index (χ0) is 14.5. The fourth-order valence-electron chi connectivity index (χ4n) is 2.72. The highest BCUT2D eigenvalue weighted by Crippen LogP contribution is 2.16. The Balaban J connectivity index is 2.03. The quantitative estimate of drug-likeness (QED) is 0.912. The predicted octanol–water partition coefficient (Wildman–Crippen LogP) is 3.17. The molecule has 0 saturated carbocycles. The summed E-state index contributed by atoms with van der Waals surface area (Å²) < 4.78 is 26.7. The highest BCUT2D eigenvalue weighted by molar-refractivity contribution is 5.18. The summed E-state index contributed by atoms with van der Waals surface area (Å²) in [4.78, 5) is 2.27. The molecule has 0 bridgehead atoms. The van der Waals surface area contributed by atoms with Crippen molar-refractivity contribution in [2.24, 2.45) is 5.92 Å². The maximum absolute atomic E-state index is 13.7. The molecule has 1 aromatic carbocycles. The second kappa shape index (κ2) is 7.14. The minimum atomic E-state index is -0.513. The topological polar surface area (TPSA) is 15.3 Å². The molecule has 1 aliphatic heterocycles. The Bertz CT molecular complexity index is 436. The van der Waals surface area contributed by atoms with E-state index in [-0.39, 0.29) is 0 Å². The van der Waals surface area contributed by atoms with Crippen LogP contribution in [0.2, 0.25) is 0 Å². The Kier molecular flexibility index (Phi) is 5.49. The number of benzene rings is 1. The minimum absolute atomic E-state index is 0.442. The summed E-state index contributed by atoms with van der Waals surface area (Å²) in [6.45, 7) is 7.89. The molecule has 1 aromatic rings. The highest BCUT2D eigenvalue weighted by Gasteiger charge is 2.22. The molecular formula is C16H24F2N2. The van der Waals surface area contributed by atoms with E-state index >= 15 is 0 Å². The number of nitrogens with zero attached hydrogens (tertiary/aromatic N) is 1. The summed E-state index contributed by atoms with van der Waals surface area (Å²) in [5.74, 6) is -0.350. The second-order valence-corrected chi connectivity index (χ2v) is 5.77. The highest BCUT2D eigenvalue weighted by atomic mass is 19.1. The van der Waals surface area contributed by atoms with Crippen LogP contribution in [-0.4, -0.2) is 30.6 Å². The summed E-state index contributed by atoms with van der Waals surface area (Å²) in [5, 5.41) is 3.58. The first-order valence-electron chi connectivity index (χ1n) is 7.49. The maximum atomic E-state index is 13.7. The monoisotopic (exact) mass is 282 g/mol. The van der Waals surface area contributed by atoms with Crippen molar-refractivity contribution < 1.29 is 8.78 Å². The summed E-state index contributed by atoms with van der Waals surface area (Å²) >= 11 is 0. The van der Waals surface area contributed by atoms with Crippen LogP contribution in [0.25, 0.3) is 0 Å². The van der Waals surface area contributed by atoms with Crippen molar-refractivity contribution in [3.63, 3.8) is 0 Å². The first kappa shape index (κ1) is 15.4. The molecule has 0 radical (unpaired) electrons. The summed E-state index contributed by atoms with van der Waals surface area (Å²) in [6.07, 6.45) is 2.20. The molecular weight excluding hydrogens is 258 g/mol. The lowest BCUT2D eigenvalue weighted by Crippen LogP contribution is -2.41. The van der Waals surface area contributed by atoms with Crippen LogP contribution in [0.1, 0.15) is 32.3 Å². The average molecular weight is 282 g/mol. The number of hydrogen-bond donors (Lipinski definition) is 1. The third-order valence-electron chi connectivity index (χ3n) is 4.25. The van der Waals surface area contributed by atoms with Gasteiger partial charge in [0.15, 0.2) is 0 Å². The lowest BCUT2D eigenvalue weighted by Gasteiger charge is -2.28. The van der Waals surface area contributed by atoms with Crippen LogP contribution in [0.4, 0.5) is 8.78 Å². The Hall–Kier alpha value is -1.00. The van der Waals surface area contributed by atoms with Crippen molar-refractivity contribution in [2.45, 2.75) is 39.3 Å². The van der Waals surface area contributed by atoms with E-state index in [1.54, 1.807) is 6.07 Å². The van der Waals surface area contributed by atoms with Crippen LogP contribution < -0.4 is 5.32 Å². The molecule has 0 aromatic heterocycles. The molecule has 4 heteroatoms. The van der Waals surface area contributed by atoms with E-state index in [0.29, 0.717) is 24.1 Å². The van der Waals surface area contributed by atoms with Crippen LogP contribution in [0, 0.1) is 17.6 Å². The second-order valence-electron chi connectivity index (χ2n) is 5.77. The van der Waals surface area contributed by atoms with Gasteiger partial charge in [0.2, 0.25) is 0 Å². The SMILES string of the molecule is CCC(C)C1CN(Cc2ccc(F)cc2F)CCCN1. The van der Waals surface area contributed by atoms with Crippen LogP contribution >= 0.6 is 0 Å². The molecule has 20 heavy (non-hydrogen) atoms. The molecule has 2 unspecified atom stereocenters. The molecule has 1 aliphatic rings. The fourth-order valence-corrected chi connectivity index (χ4v) is 2.72. The largest absolute Gasteiger partial charge is 0.312 e. The number of hydrogen-bond acceptors (Lipinski definition) is 2. The third-order valence-corrected chi connectivity index (χ3v) is 4.25. The van der Waals surface area contributed by atoms with E-state index in [1.165, 1.54) is 6.07 Å². The molecule has 0 spiro atoms. The molecule has 1 heterocycles. The van der Waals surface area contributed by atoms with Gasteiger partial charge in [0.1, 0.15) is 11.6 Å². The molecule has 1 N–H and O–H groups in total. The summed E-state index contributed by atoms with van der Waals surface area (Å²) in [6, 6.07) is 4.31. The van der Waals surface area contributed by atoms with E-state index in [1.807, 2.05) is 0 Å². The summed E-state index contributed by atoms with van der Waals surface area (Å²) in [5.41, 5.74) is 0.580. The molecule has 2 atom stereocenters. The van der Waals surface area contributed by atoms with Crippen molar-refractivity contribution in [1.29, 1.82) is 0 Å². The van der Waals surface area contributed by atoms with Crippen LogP contribution in [0.15, 0.2) is 18.2 Å². The van der Waals surface area contributed by atoms with Crippen LogP contribution in [0.3, 0.4) is 0 Å². The number of rotatable bonds is 4. The van der Waals surface area contributed by atoms with E-state index in [2.05, 4.69) is 24.1 Å². The van der Waals surface area contributed by atoms with Gasteiger partial charge in [0.05, 0.1) is 0 Å². The van der Waals surface area contributed by atoms with E-state index in [9.17, 15) is 8.78 Å². The summed E-state index contributed by atoms with van der Waals surface area (Å²) in [7, 11) is 0. The van der Waals surface area contributed by atoms with Gasteiger partial charge in [0, 0.05) is 30.8 Å². The van der Waals surface area contributed by atoms with Crippen molar-refractivity contribution >= 4 is 0 Å². The van der Waals surface area contributed by atoms with Crippen LogP contribution in [-0.2, 0) is 6.54 Å². The molecule has 1 fully saturated rings. The first-order valence-corrected chi connectivity index (χ1v) is 7.49. The zero-order valence-electron chi connectivity index (χ0n) is 12.3. The van der Waals surface area contributed by atoms with Gasteiger partial charge in [-0.15, -0.1) is 0 Å². The molecule has 1 saturated heterocycles. The molecule has 0 amide bonds. The van der Waals surface area contributed by atoms with Gasteiger partial charge < -0.3 is 5.32 Å². The van der Waals surface area contributed by atoms with Crippen molar-refractivity contribution in [3.8, 4) is 0 Å². The van der Waals surface area contributed by atoms with E-state index in [4.69, 9.17) is 0 Å². The Morgan fingerprint density at radius 2 is 2.20 bits per heavy atom. The molecule has 2 rings (SSSR count). The lowest BCUT2D eigenvalue weighted by molar-refractivity contribution is 0.229. The smallest absolute Gasteiger partial charge is 0.130 e. The van der Waals surface area contributed by atoms with Crippen molar-refractivity contribution in [1.82, 2.24) is 10.2 Å². The zero-order valence-corrected chi connectivity index (χ0v) is 12.3. The van der Waals surface area contributed by atoms with E-state index < -0.39 is 11.6 Å². The first-order chi connectivity index (χ1) is 9.60. The Labute approximate surface area is 120 Å². The van der Waals surface area contributed by atoms with Gasteiger partial charge in [-0.05, 0) is 31.5 Å². The average Bonchev–Trinajstić information content (AvgIpc) is 2.66. The van der Waals surface area contributed by atoms with Gasteiger partial charge in [-0.2, -0.15) is 0 Å². The molecule has 2 nitrogen and oxygen atoms in total. The fraction of sp³-hybridized carbons (Fsp3) is 0.625.